The van der Waals surface area contributed by atoms with Gasteiger partial charge >= 0.3 is 6.18 Å². The SMILES string of the molecule is FC(F)(F)C1CCN(Cc2ccccc2)/C1=C1\CCCNC1. The van der Waals surface area contributed by atoms with Gasteiger partial charge in [0.1, 0.15) is 0 Å². The van der Waals surface area contributed by atoms with Crippen LogP contribution in [0.3, 0.4) is 0 Å². The van der Waals surface area contributed by atoms with Gasteiger partial charge in [0.25, 0.3) is 0 Å². The quantitative estimate of drug-likeness (QED) is 0.896. The second-order valence-corrected chi connectivity index (χ2v) is 6.06. The molecule has 1 N–H and O–H groups in total. The summed E-state index contributed by atoms with van der Waals surface area (Å²) in [4.78, 5) is 1.94. The smallest absolute Gasteiger partial charge is 0.370 e. The molecule has 0 bridgehead atoms. The van der Waals surface area contributed by atoms with Gasteiger partial charge < -0.3 is 10.2 Å². The number of hydrogen-bond donors (Lipinski definition) is 1. The molecule has 2 saturated heterocycles. The fourth-order valence-electron chi connectivity index (χ4n) is 3.49. The van der Waals surface area contributed by atoms with Crippen LogP contribution in [0, 0.1) is 5.92 Å². The minimum absolute atomic E-state index is 0.176. The lowest BCUT2D eigenvalue weighted by Gasteiger charge is -2.29. The van der Waals surface area contributed by atoms with Crippen molar-refractivity contribution < 1.29 is 13.2 Å². The van der Waals surface area contributed by atoms with E-state index in [1.807, 2.05) is 35.2 Å². The van der Waals surface area contributed by atoms with Gasteiger partial charge in [-0.05, 0) is 36.9 Å². The summed E-state index contributed by atoms with van der Waals surface area (Å²) in [5.41, 5.74) is 2.54. The van der Waals surface area contributed by atoms with E-state index >= 15 is 0 Å². The van der Waals surface area contributed by atoms with Gasteiger partial charge in [-0.2, -0.15) is 13.2 Å². The molecule has 1 atom stereocenters. The summed E-state index contributed by atoms with van der Waals surface area (Å²) in [5.74, 6) is -1.30. The average Bonchev–Trinajstić information content (AvgIpc) is 2.93. The second-order valence-electron chi connectivity index (χ2n) is 6.06. The lowest BCUT2D eigenvalue weighted by molar-refractivity contribution is -0.163. The maximum Gasteiger partial charge on any atom is 0.397 e. The maximum absolute atomic E-state index is 13.4. The van der Waals surface area contributed by atoms with Crippen molar-refractivity contribution in [3.05, 3.63) is 47.2 Å². The zero-order valence-electron chi connectivity index (χ0n) is 12.5. The number of hydrogen-bond acceptors (Lipinski definition) is 2. The highest BCUT2D eigenvalue weighted by molar-refractivity contribution is 5.25. The Hall–Kier alpha value is -1.49. The van der Waals surface area contributed by atoms with Crippen molar-refractivity contribution in [2.75, 3.05) is 19.6 Å². The highest BCUT2D eigenvalue weighted by atomic mass is 19.4. The normalized spacial score (nSPS) is 26.5. The minimum atomic E-state index is -4.15. The Morgan fingerprint density at radius 2 is 1.95 bits per heavy atom. The lowest BCUT2D eigenvalue weighted by atomic mass is 9.95. The lowest BCUT2D eigenvalue weighted by Crippen LogP contribution is -2.32. The molecule has 0 saturated carbocycles. The van der Waals surface area contributed by atoms with Crippen LogP contribution in [0.4, 0.5) is 13.2 Å². The first kappa shape index (κ1) is 15.4. The summed E-state index contributed by atoms with van der Waals surface area (Å²) in [7, 11) is 0. The summed E-state index contributed by atoms with van der Waals surface area (Å²) in [6.07, 6.45) is -2.27. The first-order chi connectivity index (χ1) is 10.6. The highest BCUT2D eigenvalue weighted by Gasteiger charge is 2.47. The van der Waals surface area contributed by atoms with E-state index in [1.54, 1.807) is 0 Å². The molecule has 0 radical (unpaired) electrons. The molecule has 0 spiro atoms. The molecule has 2 aliphatic heterocycles. The summed E-state index contributed by atoms with van der Waals surface area (Å²) < 4.78 is 40.2. The molecule has 1 aromatic carbocycles. The van der Waals surface area contributed by atoms with Gasteiger partial charge in [0, 0.05) is 25.3 Å². The third kappa shape index (κ3) is 3.29. The molecule has 0 aliphatic carbocycles. The molecular weight excluding hydrogens is 289 g/mol. The van der Waals surface area contributed by atoms with Crippen molar-refractivity contribution in [3.63, 3.8) is 0 Å². The van der Waals surface area contributed by atoms with E-state index in [0.717, 1.165) is 30.5 Å². The first-order valence-corrected chi connectivity index (χ1v) is 7.84. The summed E-state index contributed by atoms with van der Waals surface area (Å²) in [6.45, 7) is 2.53. The molecule has 0 amide bonds. The van der Waals surface area contributed by atoms with Gasteiger partial charge in [0.2, 0.25) is 0 Å². The fourth-order valence-corrected chi connectivity index (χ4v) is 3.49. The number of nitrogens with zero attached hydrogens (tertiary/aromatic N) is 1. The van der Waals surface area contributed by atoms with E-state index in [0.29, 0.717) is 25.3 Å². The van der Waals surface area contributed by atoms with Gasteiger partial charge in [-0.1, -0.05) is 30.3 Å². The Morgan fingerprint density at radius 1 is 1.18 bits per heavy atom. The number of piperidine rings is 1. The van der Waals surface area contributed by atoms with Crippen molar-refractivity contribution in [2.45, 2.75) is 32.0 Å². The molecule has 0 aromatic heterocycles. The predicted octanol–water partition coefficient (Wildman–Crippen LogP) is 3.71. The maximum atomic E-state index is 13.4. The van der Waals surface area contributed by atoms with Crippen LogP contribution in [-0.2, 0) is 6.54 Å². The van der Waals surface area contributed by atoms with Gasteiger partial charge in [0.05, 0.1) is 5.92 Å². The van der Waals surface area contributed by atoms with Crippen molar-refractivity contribution >= 4 is 0 Å². The highest BCUT2D eigenvalue weighted by Crippen LogP contribution is 2.43. The van der Waals surface area contributed by atoms with E-state index in [-0.39, 0.29) is 6.42 Å². The van der Waals surface area contributed by atoms with Crippen LogP contribution in [-0.4, -0.2) is 30.7 Å². The molecule has 1 unspecified atom stereocenters. The molecule has 1 aromatic rings. The van der Waals surface area contributed by atoms with Gasteiger partial charge in [-0.15, -0.1) is 0 Å². The second kappa shape index (κ2) is 6.32. The van der Waals surface area contributed by atoms with Crippen molar-refractivity contribution in [1.29, 1.82) is 0 Å². The van der Waals surface area contributed by atoms with Crippen molar-refractivity contribution in [3.8, 4) is 0 Å². The Morgan fingerprint density at radius 3 is 2.59 bits per heavy atom. The number of benzene rings is 1. The number of likely N-dealkylation sites (tertiary alicyclic amines) is 1. The third-order valence-electron chi connectivity index (χ3n) is 4.50. The van der Waals surface area contributed by atoms with E-state index < -0.39 is 12.1 Å². The molecular formula is C17H21F3N2. The molecule has 3 rings (SSSR count). The van der Waals surface area contributed by atoms with E-state index in [4.69, 9.17) is 0 Å². The van der Waals surface area contributed by atoms with Gasteiger partial charge in [-0.25, -0.2) is 0 Å². The number of allylic oxidation sites excluding steroid dienone is 1. The summed E-state index contributed by atoms with van der Waals surface area (Å²) in [6, 6.07) is 9.74. The van der Waals surface area contributed by atoms with Gasteiger partial charge in [0.15, 0.2) is 0 Å². The van der Waals surface area contributed by atoms with Gasteiger partial charge in [-0.3, -0.25) is 0 Å². The zero-order valence-corrected chi connectivity index (χ0v) is 12.5. The Labute approximate surface area is 129 Å². The molecule has 2 aliphatic rings. The van der Waals surface area contributed by atoms with Crippen LogP contribution in [0.2, 0.25) is 0 Å². The molecule has 2 heterocycles. The molecule has 22 heavy (non-hydrogen) atoms. The number of halogens is 3. The molecule has 120 valence electrons. The molecule has 2 fully saturated rings. The van der Waals surface area contributed by atoms with Crippen LogP contribution in [0.25, 0.3) is 0 Å². The topological polar surface area (TPSA) is 15.3 Å². The Kier molecular flexibility index (Phi) is 4.43. The summed E-state index contributed by atoms with van der Waals surface area (Å²) in [5, 5.41) is 3.22. The standard InChI is InChI=1S/C17H21F3N2/c18-17(19,20)15-8-10-22(12-13-5-2-1-3-6-13)16(15)14-7-4-9-21-11-14/h1-3,5-6,15,21H,4,7-12H2/b16-14+. The molecule has 5 heteroatoms. The van der Waals surface area contributed by atoms with Crippen LogP contribution < -0.4 is 5.32 Å². The number of alkyl halides is 3. The average molecular weight is 310 g/mol. The van der Waals surface area contributed by atoms with Crippen molar-refractivity contribution in [2.24, 2.45) is 5.92 Å². The number of rotatable bonds is 2. The van der Waals surface area contributed by atoms with Crippen LogP contribution >= 0.6 is 0 Å². The Bertz CT molecular complexity index is 529. The van der Waals surface area contributed by atoms with E-state index in [1.165, 1.54) is 0 Å². The number of nitrogens with one attached hydrogen (secondary N) is 1. The van der Waals surface area contributed by atoms with Crippen molar-refractivity contribution in [1.82, 2.24) is 10.2 Å². The van der Waals surface area contributed by atoms with E-state index in [2.05, 4.69) is 5.32 Å². The van der Waals surface area contributed by atoms with Crippen LogP contribution in [0.15, 0.2) is 41.6 Å². The zero-order chi connectivity index (χ0) is 15.6. The fraction of sp³-hybridized carbons (Fsp3) is 0.529. The minimum Gasteiger partial charge on any atom is -0.370 e. The predicted molar refractivity (Wildman–Crippen MR) is 80.1 cm³/mol. The summed E-state index contributed by atoms with van der Waals surface area (Å²) >= 11 is 0. The van der Waals surface area contributed by atoms with E-state index in [9.17, 15) is 13.2 Å². The van der Waals surface area contributed by atoms with Crippen LogP contribution in [0.1, 0.15) is 24.8 Å². The first-order valence-electron chi connectivity index (χ1n) is 7.84. The third-order valence-corrected chi connectivity index (χ3v) is 4.50. The Balaban J connectivity index is 1.88. The largest absolute Gasteiger partial charge is 0.397 e. The molecule has 2 nitrogen and oxygen atoms in total. The monoisotopic (exact) mass is 310 g/mol. The van der Waals surface area contributed by atoms with Crippen LogP contribution in [0.5, 0.6) is 0 Å².